The summed E-state index contributed by atoms with van der Waals surface area (Å²) >= 11 is 0. The van der Waals surface area contributed by atoms with Crippen LogP contribution >= 0.6 is 0 Å². The normalized spacial score (nSPS) is 32.3. The fourth-order valence-corrected chi connectivity index (χ4v) is 4.28. The van der Waals surface area contributed by atoms with Crippen LogP contribution in [-0.2, 0) is 9.53 Å². The van der Waals surface area contributed by atoms with Gasteiger partial charge in [-0.1, -0.05) is 6.92 Å². The lowest BCUT2D eigenvalue weighted by atomic mass is 9.91. The van der Waals surface area contributed by atoms with E-state index in [1.165, 1.54) is 32.9 Å². The van der Waals surface area contributed by atoms with Gasteiger partial charge in [0.05, 0.1) is 7.11 Å². The van der Waals surface area contributed by atoms with Crippen molar-refractivity contribution in [1.82, 2.24) is 10.2 Å². The zero-order chi connectivity index (χ0) is 14.2. The van der Waals surface area contributed by atoms with Crippen molar-refractivity contribution in [2.75, 3.05) is 26.7 Å². The Hall–Kier alpha value is -0.610. The molecule has 1 heterocycles. The number of hydrogen-bond acceptors (Lipinski definition) is 4. The average Bonchev–Trinajstić information content (AvgIpc) is 3.13. The SMILES string of the molecule is CCCNC(CN1CC2CCC1C2)(C(=O)OC)C1CC1. The summed E-state index contributed by atoms with van der Waals surface area (Å²) in [5, 5.41) is 3.57. The molecule has 0 radical (unpaired) electrons. The molecule has 3 rings (SSSR count). The van der Waals surface area contributed by atoms with Crippen molar-refractivity contribution < 1.29 is 9.53 Å². The molecule has 2 bridgehead atoms. The molecule has 0 aromatic rings. The Morgan fingerprint density at radius 1 is 1.35 bits per heavy atom. The van der Waals surface area contributed by atoms with Gasteiger partial charge in [0.2, 0.25) is 0 Å². The lowest BCUT2D eigenvalue weighted by molar-refractivity contribution is -0.151. The molecule has 3 atom stereocenters. The molecule has 0 amide bonds. The van der Waals surface area contributed by atoms with Crippen LogP contribution in [0.25, 0.3) is 0 Å². The minimum absolute atomic E-state index is 0.0452. The van der Waals surface area contributed by atoms with Crippen LogP contribution in [0.4, 0.5) is 0 Å². The van der Waals surface area contributed by atoms with Crippen LogP contribution in [0, 0.1) is 11.8 Å². The van der Waals surface area contributed by atoms with E-state index in [4.69, 9.17) is 4.74 Å². The number of carbonyl (C=O) groups excluding carboxylic acids is 1. The van der Waals surface area contributed by atoms with Gasteiger partial charge in [-0.2, -0.15) is 0 Å². The number of esters is 1. The fraction of sp³-hybridized carbons (Fsp3) is 0.938. The van der Waals surface area contributed by atoms with E-state index >= 15 is 0 Å². The smallest absolute Gasteiger partial charge is 0.327 e. The van der Waals surface area contributed by atoms with E-state index in [-0.39, 0.29) is 5.97 Å². The molecule has 4 heteroatoms. The first kappa shape index (κ1) is 14.3. The van der Waals surface area contributed by atoms with E-state index in [0.29, 0.717) is 12.0 Å². The van der Waals surface area contributed by atoms with E-state index in [0.717, 1.165) is 38.3 Å². The van der Waals surface area contributed by atoms with E-state index < -0.39 is 5.54 Å². The highest BCUT2D eigenvalue weighted by molar-refractivity contribution is 5.82. The number of likely N-dealkylation sites (tertiary alicyclic amines) is 1. The van der Waals surface area contributed by atoms with Crippen LogP contribution in [0.2, 0.25) is 0 Å². The Balaban J connectivity index is 1.75. The van der Waals surface area contributed by atoms with Gasteiger partial charge in [0.1, 0.15) is 5.54 Å². The third kappa shape index (κ3) is 2.48. The van der Waals surface area contributed by atoms with Crippen LogP contribution in [0.1, 0.15) is 45.4 Å². The Bertz CT molecular complexity index is 369. The zero-order valence-electron chi connectivity index (χ0n) is 12.9. The predicted octanol–water partition coefficient (Wildman–Crippen LogP) is 1.79. The molecule has 3 fully saturated rings. The summed E-state index contributed by atoms with van der Waals surface area (Å²) in [4.78, 5) is 15.1. The second-order valence-electron chi connectivity index (χ2n) is 6.93. The molecule has 20 heavy (non-hydrogen) atoms. The summed E-state index contributed by atoms with van der Waals surface area (Å²) in [5.74, 6) is 1.30. The highest BCUT2D eigenvalue weighted by Crippen LogP contribution is 2.44. The molecule has 3 unspecified atom stereocenters. The van der Waals surface area contributed by atoms with Gasteiger partial charge in [0.15, 0.2) is 0 Å². The highest BCUT2D eigenvalue weighted by Gasteiger charge is 2.54. The highest BCUT2D eigenvalue weighted by atomic mass is 16.5. The van der Waals surface area contributed by atoms with Gasteiger partial charge >= 0.3 is 5.97 Å². The van der Waals surface area contributed by atoms with Crippen LogP contribution in [0.15, 0.2) is 0 Å². The molecular formula is C16H28N2O2. The summed E-state index contributed by atoms with van der Waals surface area (Å²) in [7, 11) is 1.53. The second-order valence-corrected chi connectivity index (χ2v) is 6.93. The second kappa shape index (κ2) is 5.64. The van der Waals surface area contributed by atoms with Gasteiger partial charge in [0, 0.05) is 19.1 Å². The van der Waals surface area contributed by atoms with Crippen LogP contribution in [-0.4, -0.2) is 49.2 Å². The minimum Gasteiger partial charge on any atom is -0.468 e. The Labute approximate surface area is 122 Å². The van der Waals surface area contributed by atoms with Gasteiger partial charge < -0.3 is 10.1 Å². The van der Waals surface area contributed by atoms with Crippen molar-refractivity contribution >= 4 is 5.97 Å². The molecule has 1 aliphatic heterocycles. The lowest BCUT2D eigenvalue weighted by Gasteiger charge is -2.39. The van der Waals surface area contributed by atoms with Crippen molar-refractivity contribution in [2.24, 2.45) is 11.8 Å². The Kier molecular flexibility index (Phi) is 4.04. The minimum atomic E-state index is -0.449. The number of ether oxygens (including phenoxy) is 1. The standard InChI is InChI=1S/C16H28N2O2/c1-3-8-17-16(13-5-6-13,15(19)20-2)11-18-10-12-4-7-14(18)9-12/h12-14,17H,3-11H2,1-2H3. The molecule has 1 saturated heterocycles. The third-order valence-corrected chi connectivity index (χ3v) is 5.49. The summed E-state index contributed by atoms with van der Waals surface area (Å²) in [6, 6.07) is 0.714. The van der Waals surface area contributed by atoms with Gasteiger partial charge in [0.25, 0.3) is 0 Å². The van der Waals surface area contributed by atoms with Crippen molar-refractivity contribution in [1.29, 1.82) is 0 Å². The average molecular weight is 280 g/mol. The maximum absolute atomic E-state index is 12.5. The van der Waals surface area contributed by atoms with Crippen molar-refractivity contribution in [3.8, 4) is 0 Å². The van der Waals surface area contributed by atoms with Crippen LogP contribution < -0.4 is 5.32 Å². The number of nitrogens with one attached hydrogen (secondary N) is 1. The molecule has 0 aromatic heterocycles. The number of rotatable bonds is 7. The number of methoxy groups -OCH3 is 1. The number of hydrogen-bond donors (Lipinski definition) is 1. The summed E-state index contributed by atoms with van der Waals surface area (Å²) in [6.07, 6.45) is 7.42. The first-order valence-electron chi connectivity index (χ1n) is 8.27. The fourth-order valence-electron chi connectivity index (χ4n) is 4.28. The molecule has 2 saturated carbocycles. The Morgan fingerprint density at radius 2 is 2.15 bits per heavy atom. The number of carbonyl (C=O) groups is 1. The van der Waals surface area contributed by atoms with Crippen molar-refractivity contribution in [2.45, 2.75) is 57.0 Å². The van der Waals surface area contributed by atoms with Gasteiger partial charge in [-0.25, -0.2) is 4.79 Å². The third-order valence-electron chi connectivity index (χ3n) is 5.49. The van der Waals surface area contributed by atoms with Crippen LogP contribution in [0.5, 0.6) is 0 Å². The van der Waals surface area contributed by atoms with E-state index in [1.807, 2.05) is 0 Å². The summed E-state index contributed by atoms with van der Waals surface area (Å²) < 4.78 is 5.18. The van der Waals surface area contributed by atoms with E-state index in [1.54, 1.807) is 0 Å². The topological polar surface area (TPSA) is 41.6 Å². The molecule has 4 nitrogen and oxygen atoms in total. The molecular weight excluding hydrogens is 252 g/mol. The molecule has 0 spiro atoms. The van der Waals surface area contributed by atoms with Gasteiger partial charge in [-0.05, 0) is 56.9 Å². The van der Waals surface area contributed by atoms with Gasteiger partial charge in [-0.15, -0.1) is 0 Å². The molecule has 114 valence electrons. The molecule has 3 aliphatic rings. The monoisotopic (exact) mass is 280 g/mol. The first-order chi connectivity index (χ1) is 9.69. The quantitative estimate of drug-likeness (QED) is 0.722. The van der Waals surface area contributed by atoms with Gasteiger partial charge in [-0.3, -0.25) is 4.90 Å². The number of piperidine rings is 1. The summed E-state index contributed by atoms with van der Waals surface area (Å²) in [5.41, 5.74) is -0.449. The molecule has 0 aromatic carbocycles. The van der Waals surface area contributed by atoms with Crippen molar-refractivity contribution in [3.05, 3.63) is 0 Å². The first-order valence-corrected chi connectivity index (χ1v) is 8.27. The lowest BCUT2D eigenvalue weighted by Crippen LogP contribution is -2.62. The summed E-state index contributed by atoms with van der Waals surface area (Å²) in [6.45, 7) is 5.09. The zero-order valence-corrected chi connectivity index (χ0v) is 12.9. The molecule has 2 aliphatic carbocycles. The molecule has 1 N–H and O–H groups in total. The largest absolute Gasteiger partial charge is 0.468 e. The Morgan fingerprint density at radius 3 is 2.65 bits per heavy atom. The van der Waals surface area contributed by atoms with Crippen LogP contribution in [0.3, 0.4) is 0 Å². The maximum atomic E-state index is 12.5. The van der Waals surface area contributed by atoms with E-state index in [9.17, 15) is 4.79 Å². The van der Waals surface area contributed by atoms with Crippen molar-refractivity contribution in [3.63, 3.8) is 0 Å². The number of fused-ring (bicyclic) bond motifs is 2. The maximum Gasteiger partial charge on any atom is 0.327 e. The number of nitrogens with zero attached hydrogens (tertiary/aromatic N) is 1. The van der Waals surface area contributed by atoms with E-state index in [2.05, 4.69) is 17.1 Å². The predicted molar refractivity (Wildman–Crippen MR) is 78.5 cm³/mol.